The highest BCUT2D eigenvalue weighted by molar-refractivity contribution is 6.04. The standard InChI is InChI=1S/C22H22F2N4O2/c23-15-8-9-17(24)16(10-15)18-11-19(13-4-2-1-3-5-13)28(27-18)22(30)21(14-6-7-14)26-20(29)12-25/h1-5,8-10,14,19,21H,6-7,11-12,25H2,(H,26,29). The number of benzene rings is 2. The smallest absolute Gasteiger partial charge is 0.266 e. The number of hydrogen-bond donors (Lipinski definition) is 2. The second-order valence-corrected chi connectivity index (χ2v) is 7.57. The number of nitrogens with zero attached hydrogens (tertiary/aromatic N) is 2. The van der Waals surface area contributed by atoms with Crippen molar-refractivity contribution in [2.45, 2.75) is 31.3 Å². The van der Waals surface area contributed by atoms with Crippen LogP contribution >= 0.6 is 0 Å². The first kappa shape index (κ1) is 20.2. The highest BCUT2D eigenvalue weighted by atomic mass is 19.1. The number of nitrogens with one attached hydrogen (secondary N) is 1. The zero-order chi connectivity index (χ0) is 21.3. The summed E-state index contributed by atoms with van der Waals surface area (Å²) in [5, 5.41) is 8.39. The molecule has 2 atom stereocenters. The number of amides is 2. The van der Waals surface area contributed by atoms with Crippen LogP contribution in [0.1, 0.15) is 36.4 Å². The van der Waals surface area contributed by atoms with Crippen molar-refractivity contribution >= 4 is 17.5 Å². The van der Waals surface area contributed by atoms with Gasteiger partial charge >= 0.3 is 0 Å². The molecule has 0 aromatic heterocycles. The zero-order valence-electron chi connectivity index (χ0n) is 16.2. The first-order chi connectivity index (χ1) is 14.5. The van der Waals surface area contributed by atoms with Crippen LogP contribution in [0.5, 0.6) is 0 Å². The Labute approximate surface area is 172 Å². The van der Waals surface area contributed by atoms with E-state index in [0.29, 0.717) is 0 Å². The molecule has 0 spiro atoms. The monoisotopic (exact) mass is 412 g/mol. The average molecular weight is 412 g/mol. The van der Waals surface area contributed by atoms with Crippen molar-refractivity contribution in [1.29, 1.82) is 0 Å². The maximum absolute atomic E-state index is 14.4. The van der Waals surface area contributed by atoms with Gasteiger partial charge in [-0.3, -0.25) is 9.59 Å². The fourth-order valence-electron chi connectivity index (χ4n) is 3.72. The Morgan fingerprint density at radius 1 is 1.17 bits per heavy atom. The largest absolute Gasteiger partial charge is 0.343 e. The predicted molar refractivity (Wildman–Crippen MR) is 107 cm³/mol. The summed E-state index contributed by atoms with van der Waals surface area (Å²) in [6.45, 7) is -0.221. The summed E-state index contributed by atoms with van der Waals surface area (Å²) in [5.41, 5.74) is 6.53. The zero-order valence-corrected chi connectivity index (χ0v) is 16.2. The Morgan fingerprint density at radius 2 is 1.90 bits per heavy atom. The summed E-state index contributed by atoms with van der Waals surface area (Å²) in [7, 11) is 0. The van der Waals surface area contributed by atoms with Gasteiger partial charge in [0.15, 0.2) is 0 Å². The van der Waals surface area contributed by atoms with Crippen LogP contribution in [-0.2, 0) is 9.59 Å². The summed E-state index contributed by atoms with van der Waals surface area (Å²) in [6.07, 6.45) is 1.87. The minimum atomic E-state index is -0.743. The Balaban J connectivity index is 1.70. The van der Waals surface area contributed by atoms with Gasteiger partial charge in [0, 0.05) is 12.0 Å². The van der Waals surface area contributed by atoms with Crippen LogP contribution < -0.4 is 11.1 Å². The fourth-order valence-corrected chi connectivity index (χ4v) is 3.72. The first-order valence-corrected chi connectivity index (χ1v) is 9.88. The first-order valence-electron chi connectivity index (χ1n) is 9.88. The molecule has 2 aromatic rings. The summed E-state index contributed by atoms with van der Waals surface area (Å²) in [6, 6.07) is 11.2. The van der Waals surface area contributed by atoms with E-state index in [1.54, 1.807) is 0 Å². The van der Waals surface area contributed by atoms with E-state index >= 15 is 0 Å². The lowest BCUT2D eigenvalue weighted by molar-refractivity contribution is -0.138. The molecule has 0 saturated heterocycles. The van der Waals surface area contributed by atoms with Gasteiger partial charge in [-0.1, -0.05) is 30.3 Å². The minimum Gasteiger partial charge on any atom is -0.343 e. The summed E-state index contributed by atoms with van der Waals surface area (Å²) in [4.78, 5) is 25.2. The Kier molecular flexibility index (Phi) is 5.59. The molecule has 6 nitrogen and oxygen atoms in total. The van der Waals surface area contributed by atoms with Crippen LogP contribution in [0.25, 0.3) is 0 Å². The molecule has 156 valence electrons. The number of nitrogens with two attached hydrogens (primary N) is 1. The van der Waals surface area contributed by atoms with Crippen molar-refractivity contribution in [1.82, 2.24) is 10.3 Å². The molecule has 30 heavy (non-hydrogen) atoms. The van der Waals surface area contributed by atoms with Gasteiger partial charge in [0.2, 0.25) is 5.91 Å². The molecule has 0 bridgehead atoms. The van der Waals surface area contributed by atoms with Gasteiger partial charge < -0.3 is 11.1 Å². The highest BCUT2D eigenvalue weighted by Gasteiger charge is 2.43. The maximum atomic E-state index is 14.4. The molecule has 1 aliphatic heterocycles. The number of rotatable bonds is 6. The lowest BCUT2D eigenvalue weighted by Gasteiger charge is -2.27. The van der Waals surface area contributed by atoms with Gasteiger partial charge in [-0.25, -0.2) is 13.8 Å². The molecule has 4 rings (SSSR count). The van der Waals surface area contributed by atoms with E-state index in [4.69, 9.17) is 5.73 Å². The number of hydrazone groups is 1. The second kappa shape index (κ2) is 8.31. The molecule has 2 aromatic carbocycles. The van der Waals surface area contributed by atoms with E-state index in [1.807, 2.05) is 30.3 Å². The number of carbonyl (C=O) groups excluding carboxylic acids is 2. The summed E-state index contributed by atoms with van der Waals surface area (Å²) in [5.74, 6) is -1.96. The predicted octanol–water partition coefficient (Wildman–Crippen LogP) is 2.50. The third-order valence-corrected chi connectivity index (χ3v) is 5.42. The molecule has 0 radical (unpaired) electrons. The topological polar surface area (TPSA) is 87.8 Å². The normalized spacial score (nSPS) is 19.4. The van der Waals surface area contributed by atoms with Crippen LogP contribution in [0.4, 0.5) is 8.78 Å². The van der Waals surface area contributed by atoms with E-state index in [1.165, 1.54) is 5.01 Å². The molecule has 1 saturated carbocycles. The third kappa shape index (κ3) is 4.09. The summed E-state index contributed by atoms with van der Waals surface area (Å²) < 4.78 is 28.1. The third-order valence-electron chi connectivity index (χ3n) is 5.42. The van der Waals surface area contributed by atoms with Crippen LogP contribution in [0.3, 0.4) is 0 Å². The molecule has 2 aliphatic rings. The molecule has 2 unspecified atom stereocenters. The van der Waals surface area contributed by atoms with Crippen LogP contribution in [0.2, 0.25) is 0 Å². The van der Waals surface area contributed by atoms with E-state index in [0.717, 1.165) is 36.6 Å². The molecule has 1 fully saturated rings. The van der Waals surface area contributed by atoms with Crippen LogP contribution in [-0.4, -0.2) is 35.1 Å². The Bertz CT molecular complexity index is 992. The molecular weight excluding hydrogens is 390 g/mol. The van der Waals surface area contributed by atoms with Crippen molar-refractivity contribution in [3.05, 3.63) is 71.3 Å². The fraction of sp³-hybridized carbons (Fsp3) is 0.318. The number of halogens is 2. The van der Waals surface area contributed by atoms with Gasteiger partial charge in [0.1, 0.15) is 17.7 Å². The van der Waals surface area contributed by atoms with E-state index in [2.05, 4.69) is 10.4 Å². The van der Waals surface area contributed by atoms with Crippen molar-refractivity contribution in [2.24, 2.45) is 16.8 Å². The Morgan fingerprint density at radius 3 is 2.57 bits per heavy atom. The van der Waals surface area contributed by atoms with Gasteiger partial charge in [-0.05, 0) is 42.5 Å². The highest BCUT2D eigenvalue weighted by Crippen LogP contribution is 2.38. The van der Waals surface area contributed by atoms with Crippen molar-refractivity contribution in [2.75, 3.05) is 6.54 Å². The van der Waals surface area contributed by atoms with Gasteiger partial charge in [0.05, 0.1) is 18.3 Å². The van der Waals surface area contributed by atoms with Gasteiger partial charge in [-0.2, -0.15) is 5.10 Å². The average Bonchev–Trinajstić information content (AvgIpc) is 3.51. The quantitative estimate of drug-likeness (QED) is 0.764. The number of hydrogen-bond acceptors (Lipinski definition) is 4. The van der Waals surface area contributed by atoms with Crippen LogP contribution in [0, 0.1) is 17.6 Å². The van der Waals surface area contributed by atoms with E-state index in [-0.39, 0.29) is 36.1 Å². The molecule has 1 heterocycles. The van der Waals surface area contributed by atoms with Crippen molar-refractivity contribution < 1.29 is 18.4 Å². The second-order valence-electron chi connectivity index (χ2n) is 7.57. The number of carbonyl (C=O) groups is 2. The van der Waals surface area contributed by atoms with Crippen LogP contribution in [0.15, 0.2) is 53.6 Å². The summed E-state index contributed by atoms with van der Waals surface area (Å²) >= 11 is 0. The lowest BCUT2D eigenvalue weighted by atomic mass is 9.97. The van der Waals surface area contributed by atoms with Gasteiger partial charge in [0.25, 0.3) is 5.91 Å². The maximum Gasteiger partial charge on any atom is 0.266 e. The SMILES string of the molecule is NCC(=O)NC(C(=O)N1N=C(c2cc(F)ccc2F)CC1c1ccccc1)C1CC1. The van der Waals surface area contributed by atoms with E-state index in [9.17, 15) is 18.4 Å². The van der Waals surface area contributed by atoms with Gasteiger partial charge in [-0.15, -0.1) is 0 Å². The molecule has 2 amide bonds. The Hall–Kier alpha value is -3.13. The molecule has 1 aliphatic carbocycles. The molecule has 8 heteroatoms. The molecular formula is C22H22F2N4O2. The van der Waals surface area contributed by atoms with Crippen molar-refractivity contribution in [3.8, 4) is 0 Å². The lowest BCUT2D eigenvalue weighted by Crippen LogP contribution is -2.50. The van der Waals surface area contributed by atoms with Crippen molar-refractivity contribution in [3.63, 3.8) is 0 Å². The minimum absolute atomic E-state index is 0.0228. The van der Waals surface area contributed by atoms with E-state index < -0.39 is 29.6 Å². The molecule has 3 N–H and O–H groups in total.